The Balaban J connectivity index is 4.69. The molecule has 0 radical (unpaired) electrons. The van der Waals surface area contributed by atoms with Crippen molar-refractivity contribution in [1.82, 2.24) is 0 Å². The molecule has 0 saturated heterocycles. The summed E-state index contributed by atoms with van der Waals surface area (Å²) < 4.78 is 16.6. The lowest BCUT2D eigenvalue weighted by atomic mass is 10.1. The second kappa shape index (κ2) is 53.4. The maximum absolute atomic E-state index is 12.7. The summed E-state index contributed by atoms with van der Waals surface area (Å²) in [5, 5.41) is 0. The molecule has 67 heavy (non-hydrogen) atoms. The Morgan fingerprint density at radius 1 is 0.313 bits per heavy atom. The predicted octanol–water partition coefficient (Wildman–Crippen LogP) is 17.2. The Labute approximate surface area is 409 Å². The molecular formula is C61H90O6. The fraction of sp³-hybridized carbons (Fsp3) is 0.492. The van der Waals surface area contributed by atoms with Crippen LogP contribution in [0.5, 0.6) is 0 Å². The summed E-state index contributed by atoms with van der Waals surface area (Å²) in [6.45, 7) is 6.10. The molecule has 0 aromatic carbocycles. The van der Waals surface area contributed by atoms with E-state index in [0.29, 0.717) is 19.3 Å². The van der Waals surface area contributed by atoms with Crippen LogP contribution in [0.4, 0.5) is 0 Å². The van der Waals surface area contributed by atoms with Crippen molar-refractivity contribution < 1.29 is 28.6 Å². The number of carbonyl (C=O) groups excluding carboxylic acids is 3. The molecule has 0 aliphatic heterocycles. The normalized spacial score (nSPS) is 13.5. The lowest BCUT2D eigenvalue weighted by Crippen LogP contribution is -2.30. The minimum absolute atomic E-state index is 0.0678. The molecule has 0 bridgehead atoms. The molecule has 0 aromatic heterocycles. The number of hydrogen-bond acceptors (Lipinski definition) is 6. The summed E-state index contributed by atoms with van der Waals surface area (Å²) in [6.07, 6.45) is 79.4. The molecule has 0 fully saturated rings. The van der Waals surface area contributed by atoms with Gasteiger partial charge in [-0.05, 0) is 116 Å². The van der Waals surface area contributed by atoms with Gasteiger partial charge in [-0.25, -0.2) is 0 Å². The Hall–Kier alpha value is -5.23. The number of ether oxygens (including phenoxy) is 3. The minimum atomic E-state index is -0.879. The third-order valence-corrected chi connectivity index (χ3v) is 9.74. The minimum Gasteiger partial charge on any atom is -0.462 e. The highest BCUT2D eigenvalue weighted by atomic mass is 16.6. The first-order valence-corrected chi connectivity index (χ1v) is 25.6. The van der Waals surface area contributed by atoms with Crippen LogP contribution >= 0.6 is 0 Å². The molecule has 0 saturated carbocycles. The maximum Gasteiger partial charge on any atom is 0.310 e. The van der Waals surface area contributed by atoms with E-state index in [9.17, 15) is 14.4 Å². The molecule has 0 N–H and O–H groups in total. The highest BCUT2D eigenvalue weighted by molar-refractivity contribution is 5.72. The number of carbonyl (C=O) groups is 3. The third kappa shape index (κ3) is 51.6. The van der Waals surface area contributed by atoms with Gasteiger partial charge in [0.1, 0.15) is 13.2 Å². The van der Waals surface area contributed by atoms with Gasteiger partial charge in [-0.2, -0.15) is 0 Å². The van der Waals surface area contributed by atoms with Crippen molar-refractivity contribution in [3.63, 3.8) is 0 Å². The van der Waals surface area contributed by atoms with Gasteiger partial charge >= 0.3 is 17.9 Å². The summed E-state index contributed by atoms with van der Waals surface area (Å²) in [5.41, 5.74) is 0. The first-order chi connectivity index (χ1) is 33.0. The van der Waals surface area contributed by atoms with Gasteiger partial charge in [0.15, 0.2) is 6.10 Å². The summed E-state index contributed by atoms with van der Waals surface area (Å²) in [6, 6.07) is 0. The molecule has 0 aliphatic carbocycles. The van der Waals surface area contributed by atoms with Crippen LogP contribution in [-0.2, 0) is 28.6 Å². The van der Waals surface area contributed by atoms with E-state index in [1.807, 2.05) is 18.2 Å². The van der Waals surface area contributed by atoms with Crippen molar-refractivity contribution in [2.75, 3.05) is 13.2 Å². The second-order valence-corrected chi connectivity index (χ2v) is 15.9. The average Bonchev–Trinajstić information content (AvgIpc) is 3.33. The van der Waals surface area contributed by atoms with Crippen LogP contribution in [0.25, 0.3) is 0 Å². The largest absolute Gasteiger partial charge is 0.462 e. The maximum atomic E-state index is 12.7. The fourth-order valence-electron chi connectivity index (χ4n) is 6.03. The number of unbranched alkanes of at least 4 members (excludes halogenated alkanes) is 5. The molecular weight excluding hydrogens is 829 g/mol. The van der Waals surface area contributed by atoms with Crippen LogP contribution in [0.2, 0.25) is 0 Å². The topological polar surface area (TPSA) is 78.9 Å². The van der Waals surface area contributed by atoms with Gasteiger partial charge in [-0.1, -0.05) is 210 Å². The zero-order chi connectivity index (χ0) is 48.6. The van der Waals surface area contributed by atoms with Crippen LogP contribution in [0.15, 0.2) is 170 Å². The molecule has 0 aromatic rings. The Morgan fingerprint density at radius 2 is 0.612 bits per heavy atom. The molecule has 0 spiro atoms. The number of allylic oxidation sites excluding steroid dienone is 27. The van der Waals surface area contributed by atoms with Gasteiger partial charge in [0.05, 0.1) is 6.42 Å². The molecule has 0 heterocycles. The molecule has 1 unspecified atom stereocenters. The van der Waals surface area contributed by atoms with Gasteiger partial charge in [0.25, 0.3) is 0 Å². The molecule has 370 valence electrons. The van der Waals surface area contributed by atoms with E-state index < -0.39 is 18.0 Å². The van der Waals surface area contributed by atoms with Crippen molar-refractivity contribution in [1.29, 1.82) is 0 Å². The van der Waals surface area contributed by atoms with E-state index in [4.69, 9.17) is 14.2 Å². The highest BCUT2D eigenvalue weighted by Gasteiger charge is 2.19. The number of hydrogen-bond donors (Lipinski definition) is 0. The van der Waals surface area contributed by atoms with Crippen LogP contribution < -0.4 is 0 Å². The molecule has 0 amide bonds. The molecule has 1 atom stereocenters. The molecule has 6 heteroatoms. The van der Waals surface area contributed by atoms with Crippen molar-refractivity contribution in [2.24, 2.45) is 0 Å². The smallest absolute Gasteiger partial charge is 0.310 e. The number of rotatable bonds is 43. The summed E-state index contributed by atoms with van der Waals surface area (Å²) >= 11 is 0. The van der Waals surface area contributed by atoms with Gasteiger partial charge in [0.2, 0.25) is 0 Å². The van der Waals surface area contributed by atoms with E-state index in [2.05, 4.69) is 167 Å². The lowest BCUT2D eigenvalue weighted by molar-refractivity contribution is -0.166. The Bertz CT molecular complexity index is 1620. The van der Waals surface area contributed by atoms with Gasteiger partial charge in [-0.3, -0.25) is 14.4 Å². The quantitative estimate of drug-likeness (QED) is 0.0262. The molecule has 0 aliphatic rings. The van der Waals surface area contributed by atoms with Crippen LogP contribution in [-0.4, -0.2) is 37.2 Å². The fourth-order valence-corrected chi connectivity index (χ4v) is 6.03. The van der Waals surface area contributed by atoms with E-state index in [0.717, 1.165) is 122 Å². The van der Waals surface area contributed by atoms with Gasteiger partial charge in [-0.15, -0.1) is 0 Å². The Kier molecular flexibility index (Phi) is 49.2. The SMILES string of the molecule is CC/C=C\C/C=C\C/C=C\C/C=C\C/C=C\C/C=C\CCC(=O)OCC(COC(=O)CCCCCCC/C=C\C/C=C\C/C=C\CC)OC(=O)C/C=C\C/C=C\C/C=C\C/C=C\C/C=C\CC. The summed E-state index contributed by atoms with van der Waals surface area (Å²) in [7, 11) is 0. The van der Waals surface area contributed by atoms with Crippen LogP contribution in [0.3, 0.4) is 0 Å². The summed E-state index contributed by atoms with van der Waals surface area (Å²) in [5.74, 6) is -1.21. The number of esters is 3. The zero-order valence-electron chi connectivity index (χ0n) is 42.1. The van der Waals surface area contributed by atoms with E-state index in [-0.39, 0.29) is 32.0 Å². The lowest BCUT2D eigenvalue weighted by Gasteiger charge is -2.18. The van der Waals surface area contributed by atoms with Gasteiger partial charge in [0, 0.05) is 12.8 Å². The molecule has 0 rings (SSSR count). The zero-order valence-corrected chi connectivity index (χ0v) is 42.1. The van der Waals surface area contributed by atoms with Crippen molar-refractivity contribution in [2.45, 2.75) is 181 Å². The second-order valence-electron chi connectivity index (χ2n) is 15.9. The monoisotopic (exact) mass is 919 g/mol. The first-order valence-electron chi connectivity index (χ1n) is 25.6. The van der Waals surface area contributed by atoms with E-state index >= 15 is 0 Å². The van der Waals surface area contributed by atoms with E-state index in [1.54, 1.807) is 6.08 Å². The van der Waals surface area contributed by atoms with Crippen molar-refractivity contribution in [3.8, 4) is 0 Å². The summed E-state index contributed by atoms with van der Waals surface area (Å²) in [4.78, 5) is 37.9. The predicted molar refractivity (Wildman–Crippen MR) is 288 cm³/mol. The van der Waals surface area contributed by atoms with Crippen molar-refractivity contribution >= 4 is 17.9 Å². The van der Waals surface area contributed by atoms with Crippen LogP contribution in [0.1, 0.15) is 175 Å². The van der Waals surface area contributed by atoms with Crippen molar-refractivity contribution in [3.05, 3.63) is 170 Å². The highest BCUT2D eigenvalue weighted by Crippen LogP contribution is 2.10. The Morgan fingerprint density at radius 3 is 1.00 bits per heavy atom. The standard InChI is InChI=1S/C61H90O6/c1-4-7-10-13-16-19-22-25-28-29-30-31-34-36-39-42-45-48-51-54-60(63)66-57-58(67-61(64)55-52-49-46-43-40-37-33-27-24-21-18-15-12-9-6-3)56-65-59(62)53-50-47-44-41-38-35-32-26-23-20-17-14-11-8-5-2/h7-12,16-21,25-28,30-33,36,39-40,43,45,48-49,52,58H,4-6,13-15,22-24,29,34-35,37-38,41-42,44,46-47,50-51,53-57H2,1-3H3/b10-7-,11-8-,12-9-,19-16-,20-17-,21-18-,28-25-,31-30-,32-26-,33-27-,39-36-,43-40-,48-45-,52-49-. The van der Waals surface area contributed by atoms with Gasteiger partial charge < -0.3 is 14.2 Å². The third-order valence-electron chi connectivity index (χ3n) is 9.74. The van der Waals surface area contributed by atoms with E-state index in [1.165, 1.54) is 0 Å². The average molecular weight is 919 g/mol. The first kappa shape index (κ1) is 61.8. The molecule has 6 nitrogen and oxygen atoms in total. The van der Waals surface area contributed by atoms with Crippen LogP contribution in [0, 0.1) is 0 Å².